The van der Waals surface area contributed by atoms with Gasteiger partial charge in [0.1, 0.15) is 0 Å². The van der Waals surface area contributed by atoms with Crippen molar-refractivity contribution in [3.8, 4) is 55.6 Å². The standard InChI is InChI=1S/C35H25.C10H11N2.C2H6.2CH3.Fe/c1-6-16-26(17-7-1)31-32(27-18-8-2-9-19-27)34(29-22-12-4-13-23-29)35(30-24-14-5-15-25-30)33(31)28-20-10-3-11-21-28;1-12(2)10-6-7-11-9-5-3-4-8(9)10;1-2;;;/h1-25H;3-7H,1-2H3;1-2H3;2*1H3;/q2*-1;;2*-1;+4. The van der Waals surface area contributed by atoms with Crippen molar-refractivity contribution in [2.75, 3.05) is 19.0 Å². The van der Waals surface area contributed by atoms with E-state index >= 15 is 0 Å². The maximum absolute atomic E-state index is 4.26. The summed E-state index contributed by atoms with van der Waals surface area (Å²) in [4.78, 5) is 6.36. The Labute approximate surface area is 322 Å². The van der Waals surface area contributed by atoms with Crippen molar-refractivity contribution in [3.05, 3.63) is 197 Å². The molecule has 0 radical (unpaired) electrons. The van der Waals surface area contributed by atoms with Crippen molar-refractivity contribution < 1.29 is 17.1 Å². The Bertz CT molecular complexity index is 1880. The zero-order chi connectivity index (χ0) is 34.0. The summed E-state index contributed by atoms with van der Waals surface area (Å²) in [5.41, 5.74) is 14.8. The van der Waals surface area contributed by atoms with E-state index in [0.29, 0.717) is 0 Å². The first-order chi connectivity index (χ1) is 24.2. The average molecular weight is 721 g/mol. The number of hydrogen-bond donors (Lipinski definition) is 0. The molecule has 1 heterocycles. The normalized spacial score (nSPS) is 9.85. The molecule has 0 saturated heterocycles. The molecule has 0 spiro atoms. The summed E-state index contributed by atoms with van der Waals surface area (Å²) in [7, 11) is 4.09. The number of fused-ring (bicyclic) bond motifs is 1. The van der Waals surface area contributed by atoms with Gasteiger partial charge in [-0.2, -0.15) is 12.1 Å². The van der Waals surface area contributed by atoms with Gasteiger partial charge in [-0.15, -0.1) is 11.5 Å². The second-order valence-corrected chi connectivity index (χ2v) is 11.8. The van der Waals surface area contributed by atoms with E-state index in [1.807, 2.05) is 52.3 Å². The molecule has 3 heteroatoms. The maximum atomic E-state index is 4.26. The Balaban J connectivity index is 0.000000364. The van der Waals surface area contributed by atoms with Gasteiger partial charge in [0.25, 0.3) is 0 Å². The van der Waals surface area contributed by atoms with E-state index in [9.17, 15) is 0 Å². The van der Waals surface area contributed by atoms with Crippen LogP contribution in [0.15, 0.2) is 182 Å². The Morgan fingerprint density at radius 2 is 0.885 bits per heavy atom. The fraction of sp³-hybridized carbons (Fsp3) is 0.0816. The largest absolute Gasteiger partial charge is 4.00 e. The minimum Gasteiger partial charge on any atom is -0.415 e. The minimum atomic E-state index is 0. The first-order valence-corrected chi connectivity index (χ1v) is 17.0. The summed E-state index contributed by atoms with van der Waals surface area (Å²) in [6.07, 6.45) is 1.84. The third-order valence-electron chi connectivity index (χ3n) is 8.56. The smallest absolute Gasteiger partial charge is 0.415 e. The molecule has 8 rings (SSSR count). The van der Waals surface area contributed by atoms with Gasteiger partial charge in [-0.1, -0.05) is 222 Å². The van der Waals surface area contributed by atoms with E-state index in [0.717, 1.165) is 5.52 Å². The van der Waals surface area contributed by atoms with Gasteiger partial charge in [0.2, 0.25) is 0 Å². The van der Waals surface area contributed by atoms with E-state index in [1.54, 1.807) is 0 Å². The van der Waals surface area contributed by atoms with Crippen molar-refractivity contribution in [2.24, 2.45) is 0 Å². The van der Waals surface area contributed by atoms with Crippen molar-refractivity contribution in [3.63, 3.8) is 0 Å². The molecule has 0 aliphatic rings. The zero-order valence-corrected chi connectivity index (χ0v) is 32.2. The molecule has 262 valence electrons. The molecule has 0 unspecified atom stereocenters. The second-order valence-electron chi connectivity index (χ2n) is 11.8. The van der Waals surface area contributed by atoms with Crippen LogP contribution in [0.4, 0.5) is 5.69 Å². The molecule has 0 atom stereocenters. The molecule has 7 aromatic carbocycles. The predicted molar refractivity (Wildman–Crippen MR) is 225 cm³/mol. The molecule has 0 bridgehead atoms. The second kappa shape index (κ2) is 19.8. The quantitative estimate of drug-likeness (QED) is 0.126. The van der Waals surface area contributed by atoms with Crippen molar-refractivity contribution in [2.45, 2.75) is 13.8 Å². The first-order valence-electron chi connectivity index (χ1n) is 17.0. The molecule has 52 heavy (non-hydrogen) atoms. The van der Waals surface area contributed by atoms with Gasteiger partial charge in [0, 0.05) is 6.20 Å². The van der Waals surface area contributed by atoms with Crippen LogP contribution in [0.1, 0.15) is 13.8 Å². The van der Waals surface area contributed by atoms with Gasteiger partial charge < -0.3 is 24.7 Å². The molecule has 0 N–H and O–H groups in total. The number of benzene rings is 5. The van der Waals surface area contributed by atoms with E-state index < -0.39 is 0 Å². The monoisotopic (exact) mass is 720 g/mol. The first kappa shape index (κ1) is 41.0. The van der Waals surface area contributed by atoms with E-state index in [-0.39, 0.29) is 31.9 Å². The number of anilines is 1. The number of nitrogens with zero attached hydrogens (tertiary/aromatic N) is 2. The summed E-state index contributed by atoms with van der Waals surface area (Å²) in [6, 6.07) is 62.3. The number of hydrogen-bond acceptors (Lipinski definition) is 2. The van der Waals surface area contributed by atoms with Gasteiger partial charge in [0.15, 0.2) is 0 Å². The maximum Gasteiger partial charge on any atom is 4.00 e. The topological polar surface area (TPSA) is 16.1 Å². The number of rotatable bonds is 6. The molecule has 0 fully saturated rings. The van der Waals surface area contributed by atoms with Crippen molar-refractivity contribution >= 4 is 16.6 Å². The van der Waals surface area contributed by atoms with Gasteiger partial charge in [0.05, 0.1) is 0 Å². The average Bonchev–Trinajstić information content (AvgIpc) is 3.81. The van der Waals surface area contributed by atoms with Crippen LogP contribution in [0, 0.1) is 14.9 Å². The molecule has 0 aliphatic heterocycles. The van der Waals surface area contributed by atoms with E-state index in [4.69, 9.17) is 0 Å². The van der Waals surface area contributed by atoms with Gasteiger partial charge in [-0.3, -0.25) is 0 Å². The zero-order valence-electron chi connectivity index (χ0n) is 31.1. The van der Waals surface area contributed by atoms with Crippen LogP contribution in [-0.4, -0.2) is 19.1 Å². The van der Waals surface area contributed by atoms with Gasteiger partial charge in [-0.05, 0) is 30.9 Å². The summed E-state index contributed by atoms with van der Waals surface area (Å²) in [5, 5.41) is 1.22. The van der Waals surface area contributed by atoms with Crippen molar-refractivity contribution in [1.82, 2.24) is 4.98 Å². The molecule has 0 amide bonds. The van der Waals surface area contributed by atoms with Crippen LogP contribution >= 0.6 is 0 Å². The summed E-state index contributed by atoms with van der Waals surface area (Å²) in [5.74, 6) is 0. The third kappa shape index (κ3) is 8.69. The summed E-state index contributed by atoms with van der Waals surface area (Å²) < 4.78 is 0. The Kier molecular flexibility index (Phi) is 15.6. The molecule has 8 aromatic rings. The molecule has 0 saturated carbocycles. The van der Waals surface area contributed by atoms with Crippen LogP contribution in [0.3, 0.4) is 0 Å². The Morgan fingerprint density at radius 1 is 0.500 bits per heavy atom. The van der Waals surface area contributed by atoms with E-state index in [1.165, 1.54) is 66.7 Å². The summed E-state index contributed by atoms with van der Waals surface area (Å²) >= 11 is 0. The van der Waals surface area contributed by atoms with Crippen LogP contribution < -0.4 is 4.90 Å². The van der Waals surface area contributed by atoms with Crippen LogP contribution in [-0.2, 0) is 17.1 Å². The number of pyridine rings is 1. The minimum absolute atomic E-state index is 0. The molecular formula is C49H48FeN2. The predicted octanol–water partition coefficient (Wildman–Crippen LogP) is 13.7. The molecule has 1 aromatic heterocycles. The Hall–Kier alpha value is -5.47. The van der Waals surface area contributed by atoms with Crippen LogP contribution in [0.5, 0.6) is 0 Å². The SMILES string of the molecule is CC.CN(C)c1ccnc2cc[cH-]c12.[CH3-].[CH3-].[Fe+4].c1ccc(-c2c(-c3ccccc3)c(-c3ccccc3)[c-](-c3ccccc3)c2-c2ccccc2)cc1. The fourth-order valence-electron chi connectivity index (χ4n) is 6.50. The van der Waals surface area contributed by atoms with E-state index in [2.05, 4.69) is 168 Å². The summed E-state index contributed by atoms with van der Waals surface area (Å²) in [6.45, 7) is 4.00. The molecule has 0 aliphatic carbocycles. The fourth-order valence-corrected chi connectivity index (χ4v) is 6.50. The molecule has 2 nitrogen and oxygen atoms in total. The van der Waals surface area contributed by atoms with Crippen LogP contribution in [0.25, 0.3) is 66.5 Å². The van der Waals surface area contributed by atoms with Gasteiger partial charge in [-0.25, -0.2) is 0 Å². The molecular weight excluding hydrogens is 672 g/mol. The third-order valence-corrected chi connectivity index (χ3v) is 8.56. The Morgan fingerprint density at radius 3 is 1.29 bits per heavy atom. The van der Waals surface area contributed by atoms with Gasteiger partial charge >= 0.3 is 17.1 Å². The van der Waals surface area contributed by atoms with Crippen LogP contribution in [0.2, 0.25) is 0 Å². The van der Waals surface area contributed by atoms with Crippen molar-refractivity contribution in [1.29, 1.82) is 0 Å². The number of aromatic nitrogens is 1.